The van der Waals surface area contributed by atoms with Crippen molar-refractivity contribution in [2.24, 2.45) is 5.16 Å². The number of nitrogens with two attached hydrogens (primary N) is 2. The van der Waals surface area contributed by atoms with Crippen LogP contribution in [0.15, 0.2) is 58.5 Å². The number of aliphatic carboxylic acids is 1. The summed E-state index contributed by atoms with van der Waals surface area (Å²) < 4.78 is 1.85. The maximum absolute atomic E-state index is 12.9. The zero-order valence-electron chi connectivity index (χ0n) is 18.5. The van der Waals surface area contributed by atoms with Crippen LogP contribution in [0.3, 0.4) is 0 Å². The SMILES string of the molecule is CO/N=C(\C(=O)NC1C(=O)N2C(C(=O)O)=C(C=CC[n+]3cccc(N)c3)CS[C@@H]12)c1csc(N)n1. The quantitative estimate of drug-likeness (QED) is 0.162. The molecule has 35 heavy (non-hydrogen) atoms. The molecule has 0 radical (unpaired) electrons. The molecule has 1 unspecified atom stereocenters. The number of allylic oxidation sites excluding steroid dienone is 2. The number of amides is 2. The van der Waals surface area contributed by atoms with Crippen LogP contribution in [0.5, 0.6) is 0 Å². The summed E-state index contributed by atoms with van der Waals surface area (Å²) >= 11 is 2.48. The number of pyridine rings is 1. The van der Waals surface area contributed by atoms with Gasteiger partial charge in [0.15, 0.2) is 29.8 Å². The molecule has 1 saturated heterocycles. The van der Waals surface area contributed by atoms with Gasteiger partial charge < -0.3 is 26.7 Å². The lowest BCUT2D eigenvalue weighted by atomic mass is 10.0. The third kappa shape index (κ3) is 4.97. The van der Waals surface area contributed by atoms with Crippen LogP contribution in [0.4, 0.5) is 10.8 Å². The van der Waals surface area contributed by atoms with Gasteiger partial charge in [-0.15, -0.1) is 23.1 Å². The summed E-state index contributed by atoms with van der Waals surface area (Å²) in [6.07, 6.45) is 7.09. The zero-order chi connectivity index (χ0) is 25.1. The van der Waals surface area contributed by atoms with E-state index >= 15 is 0 Å². The Morgan fingerprint density at radius 2 is 2.26 bits per heavy atom. The minimum absolute atomic E-state index is 0.101. The summed E-state index contributed by atoms with van der Waals surface area (Å²) in [5.74, 6) is -2.08. The van der Waals surface area contributed by atoms with Crippen LogP contribution in [0.25, 0.3) is 0 Å². The molecule has 0 spiro atoms. The highest BCUT2D eigenvalue weighted by molar-refractivity contribution is 8.00. The Kier molecular flexibility index (Phi) is 7.02. The maximum atomic E-state index is 12.9. The van der Waals surface area contributed by atoms with Gasteiger partial charge in [0.05, 0.1) is 5.69 Å². The number of fused-ring (bicyclic) bond motifs is 1. The first-order chi connectivity index (χ1) is 16.8. The molecule has 4 rings (SSSR count). The maximum Gasteiger partial charge on any atom is 0.352 e. The summed E-state index contributed by atoms with van der Waals surface area (Å²) in [6, 6.07) is 2.66. The second kappa shape index (κ2) is 10.1. The van der Waals surface area contributed by atoms with E-state index in [0.29, 0.717) is 23.6 Å². The highest BCUT2D eigenvalue weighted by atomic mass is 32.2. The van der Waals surface area contributed by atoms with Crippen molar-refractivity contribution in [1.82, 2.24) is 15.2 Å². The Morgan fingerprint density at radius 3 is 2.91 bits per heavy atom. The normalized spacial score (nSPS) is 20.0. The average Bonchev–Trinajstić information content (AvgIpc) is 3.26. The van der Waals surface area contributed by atoms with Gasteiger partial charge in [-0.05, 0) is 17.7 Å². The molecule has 2 aromatic rings. The number of nitrogens with one attached hydrogen (secondary N) is 1. The first kappa shape index (κ1) is 24.2. The molecule has 0 aliphatic carbocycles. The number of carboxylic acids is 1. The third-order valence-electron chi connectivity index (χ3n) is 5.17. The van der Waals surface area contributed by atoms with Gasteiger partial charge in [0, 0.05) is 17.2 Å². The standard InChI is InChI=1S/C21H21N7O5S2/c1-33-26-14(13-10-35-21(23)24-13)17(29)25-15-18(30)28-16(20(31)32)11(9-34-19(15)28)4-2-6-27-7-3-5-12(22)8-27/h2-5,7-8,10,15,19H,6,9,22H2,1H3,(H3-,23,24,25,29,31,32)/p+1/b4-2?,26-14-/t15?,19-/m0/s1. The van der Waals surface area contributed by atoms with Gasteiger partial charge in [-0.25, -0.2) is 9.78 Å². The molecule has 0 saturated carbocycles. The molecule has 14 heteroatoms. The Morgan fingerprint density at radius 1 is 1.46 bits per heavy atom. The number of carbonyl (C=O) groups excluding carboxylic acids is 2. The molecule has 2 aliphatic heterocycles. The number of anilines is 2. The van der Waals surface area contributed by atoms with E-state index in [9.17, 15) is 19.5 Å². The zero-order valence-corrected chi connectivity index (χ0v) is 20.1. The number of thioether (sulfide) groups is 1. The number of nitrogens with zero attached hydrogens (tertiary/aromatic N) is 4. The number of aromatic nitrogens is 2. The van der Waals surface area contributed by atoms with Gasteiger partial charge in [0.1, 0.15) is 29.9 Å². The molecular formula is C21H22N7O5S2+. The summed E-state index contributed by atoms with van der Waals surface area (Å²) in [5, 5.41) is 17.4. The van der Waals surface area contributed by atoms with Gasteiger partial charge in [0.2, 0.25) is 0 Å². The van der Waals surface area contributed by atoms with Crippen molar-refractivity contribution in [2.45, 2.75) is 18.0 Å². The van der Waals surface area contributed by atoms with Crippen LogP contribution >= 0.6 is 23.1 Å². The molecule has 0 bridgehead atoms. The van der Waals surface area contributed by atoms with E-state index in [0.717, 1.165) is 11.3 Å². The number of rotatable bonds is 8. The molecule has 2 atom stereocenters. The van der Waals surface area contributed by atoms with E-state index < -0.39 is 29.2 Å². The molecule has 6 N–H and O–H groups in total. The lowest BCUT2D eigenvalue weighted by Crippen LogP contribution is -2.71. The van der Waals surface area contributed by atoms with Crippen molar-refractivity contribution in [1.29, 1.82) is 0 Å². The molecule has 182 valence electrons. The summed E-state index contributed by atoms with van der Waals surface area (Å²) in [6.45, 7) is 0.477. The van der Waals surface area contributed by atoms with E-state index in [1.54, 1.807) is 29.8 Å². The molecule has 2 aliphatic rings. The predicted molar refractivity (Wildman–Crippen MR) is 130 cm³/mol. The fourth-order valence-corrected chi connectivity index (χ4v) is 5.51. The molecule has 4 heterocycles. The third-order valence-corrected chi connectivity index (χ3v) is 7.14. The largest absolute Gasteiger partial charge is 0.477 e. The van der Waals surface area contributed by atoms with Gasteiger partial charge in [-0.1, -0.05) is 11.2 Å². The first-order valence-electron chi connectivity index (χ1n) is 10.3. The highest BCUT2D eigenvalue weighted by Gasteiger charge is 2.54. The summed E-state index contributed by atoms with van der Waals surface area (Å²) in [5.41, 5.74) is 12.5. The molecule has 2 amide bonds. The molecular weight excluding hydrogens is 494 g/mol. The Balaban J connectivity index is 1.49. The lowest BCUT2D eigenvalue weighted by Gasteiger charge is -2.49. The van der Waals surface area contributed by atoms with E-state index in [2.05, 4.69) is 15.5 Å². The van der Waals surface area contributed by atoms with Gasteiger partial charge in [0.25, 0.3) is 11.8 Å². The lowest BCUT2D eigenvalue weighted by molar-refractivity contribution is -0.686. The predicted octanol–water partition coefficient (Wildman–Crippen LogP) is -0.0595. The number of carboxylic acid groups (broad SMARTS) is 1. The number of β-lactam (4-membered cyclic amide) rings is 1. The van der Waals surface area contributed by atoms with Crippen LogP contribution in [-0.2, 0) is 25.8 Å². The minimum Gasteiger partial charge on any atom is -0.477 e. The van der Waals surface area contributed by atoms with E-state index in [-0.39, 0.29) is 22.2 Å². The summed E-state index contributed by atoms with van der Waals surface area (Å²) in [4.78, 5) is 47.7. The van der Waals surface area contributed by atoms with Crippen LogP contribution in [-0.4, -0.2) is 62.8 Å². The van der Waals surface area contributed by atoms with E-state index in [1.165, 1.54) is 23.8 Å². The van der Waals surface area contributed by atoms with Gasteiger partial charge in [-0.2, -0.15) is 4.57 Å². The van der Waals surface area contributed by atoms with Crippen LogP contribution in [0.1, 0.15) is 5.69 Å². The van der Waals surface area contributed by atoms with Crippen molar-refractivity contribution >= 4 is 57.4 Å². The van der Waals surface area contributed by atoms with Crippen LogP contribution in [0, 0.1) is 0 Å². The first-order valence-corrected chi connectivity index (χ1v) is 12.2. The van der Waals surface area contributed by atoms with E-state index in [4.69, 9.17) is 16.3 Å². The number of carbonyl (C=O) groups is 3. The van der Waals surface area contributed by atoms with Crippen molar-refractivity contribution in [3.05, 3.63) is 59.0 Å². The highest BCUT2D eigenvalue weighted by Crippen LogP contribution is 2.40. The molecule has 0 aromatic carbocycles. The minimum atomic E-state index is -1.22. The van der Waals surface area contributed by atoms with Gasteiger partial charge in [-0.3, -0.25) is 14.5 Å². The van der Waals surface area contributed by atoms with Gasteiger partial charge >= 0.3 is 5.97 Å². The van der Waals surface area contributed by atoms with E-state index in [1.807, 2.05) is 16.8 Å². The topological polar surface area (TPSA) is 177 Å². The van der Waals surface area contributed by atoms with Crippen LogP contribution in [0.2, 0.25) is 0 Å². The molecule has 2 aromatic heterocycles. The fraction of sp³-hybridized carbons (Fsp3) is 0.238. The van der Waals surface area contributed by atoms with Crippen molar-refractivity contribution in [2.75, 3.05) is 24.3 Å². The second-order valence-electron chi connectivity index (χ2n) is 7.47. The molecule has 12 nitrogen and oxygen atoms in total. The van der Waals surface area contributed by atoms with Crippen molar-refractivity contribution in [3.63, 3.8) is 0 Å². The number of hydrogen-bond donors (Lipinski definition) is 4. The molecule has 1 fully saturated rings. The Bertz CT molecular complexity index is 1270. The van der Waals surface area contributed by atoms with Crippen molar-refractivity contribution < 1.29 is 28.9 Å². The smallest absolute Gasteiger partial charge is 0.352 e. The average molecular weight is 517 g/mol. The number of nitrogen functional groups attached to an aromatic ring is 2. The monoisotopic (exact) mass is 516 g/mol. The number of hydrogen-bond acceptors (Lipinski definition) is 10. The Labute approximate surface area is 207 Å². The Hall–Kier alpha value is -3.91. The fourth-order valence-electron chi connectivity index (χ4n) is 3.65. The number of oxime groups is 1. The second-order valence-corrected chi connectivity index (χ2v) is 9.46. The number of thiazole rings is 1. The van der Waals surface area contributed by atoms with Crippen molar-refractivity contribution in [3.8, 4) is 0 Å². The van der Waals surface area contributed by atoms with Crippen LogP contribution < -0.4 is 21.4 Å². The summed E-state index contributed by atoms with van der Waals surface area (Å²) in [7, 11) is 1.28.